The van der Waals surface area contributed by atoms with Crippen LogP contribution in [0.25, 0.3) is 0 Å². The van der Waals surface area contributed by atoms with Crippen LogP contribution < -0.4 is 10.5 Å². The zero-order valence-corrected chi connectivity index (χ0v) is 12.6. The van der Waals surface area contributed by atoms with Crippen molar-refractivity contribution >= 4 is 15.9 Å². The second-order valence-corrected chi connectivity index (χ2v) is 7.31. The molecule has 6 heteroatoms. The van der Waals surface area contributed by atoms with Gasteiger partial charge < -0.3 is 5.32 Å². The van der Waals surface area contributed by atoms with Crippen molar-refractivity contribution in [1.82, 2.24) is 5.32 Å². The summed E-state index contributed by atoms with van der Waals surface area (Å²) in [5, 5.41) is 8.12. The Bertz CT molecular complexity index is 632. The summed E-state index contributed by atoms with van der Waals surface area (Å²) in [6, 6.07) is 4.36. The highest BCUT2D eigenvalue weighted by atomic mass is 32.2. The van der Waals surface area contributed by atoms with Gasteiger partial charge in [-0.2, -0.15) is 0 Å². The number of nitrogens with two attached hydrogens (primary N) is 1. The van der Waals surface area contributed by atoms with Crippen molar-refractivity contribution in [1.29, 1.82) is 0 Å². The monoisotopic (exact) mass is 296 g/mol. The third kappa shape index (κ3) is 3.19. The molecule has 3 N–H and O–H groups in total. The minimum atomic E-state index is -3.80. The largest absolute Gasteiger partial charge is 0.347 e. The maximum atomic E-state index is 12.4. The van der Waals surface area contributed by atoms with E-state index in [1.165, 1.54) is 12.1 Å². The SMILES string of the molecule is Cc1ccc(S(N)(=O)=O)cc1C(=O)NC1(C)CCCC1. The Balaban J connectivity index is 2.30. The summed E-state index contributed by atoms with van der Waals surface area (Å²) >= 11 is 0. The van der Waals surface area contributed by atoms with Gasteiger partial charge in [-0.15, -0.1) is 0 Å². The fraction of sp³-hybridized carbons (Fsp3) is 0.500. The Morgan fingerprint density at radius 3 is 2.45 bits per heavy atom. The Morgan fingerprint density at radius 2 is 1.90 bits per heavy atom. The third-order valence-corrected chi connectivity index (χ3v) is 4.82. The molecule has 0 aliphatic heterocycles. The highest BCUT2D eigenvalue weighted by Crippen LogP contribution is 2.29. The van der Waals surface area contributed by atoms with E-state index < -0.39 is 10.0 Å². The van der Waals surface area contributed by atoms with Gasteiger partial charge in [0, 0.05) is 11.1 Å². The van der Waals surface area contributed by atoms with Gasteiger partial charge in [-0.1, -0.05) is 18.9 Å². The van der Waals surface area contributed by atoms with Gasteiger partial charge in [-0.25, -0.2) is 13.6 Å². The highest BCUT2D eigenvalue weighted by molar-refractivity contribution is 7.89. The molecule has 0 radical (unpaired) electrons. The summed E-state index contributed by atoms with van der Waals surface area (Å²) in [6.07, 6.45) is 4.11. The average Bonchev–Trinajstić information content (AvgIpc) is 2.74. The van der Waals surface area contributed by atoms with Crippen molar-refractivity contribution in [2.45, 2.75) is 50.0 Å². The molecule has 0 unspecified atom stereocenters. The lowest BCUT2D eigenvalue weighted by molar-refractivity contribution is 0.0907. The normalized spacial score (nSPS) is 17.9. The molecule has 0 heterocycles. The first-order valence-electron chi connectivity index (χ1n) is 6.67. The lowest BCUT2D eigenvalue weighted by Crippen LogP contribution is -2.43. The summed E-state index contributed by atoms with van der Waals surface area (Å²) in [5.74, 6) is -0.239. The fourth-order valence-corrected chi connectivity index (χ4v) is 3.18. The van der Waals surface area contributed by atoms with E-state index in [1.807, 2.05) is 6.92 Å². The lowest BCUT2D eigenvalue weighted by Gasteiger charge is -2.25. The smallest absolute Gasteiger partial charge is 0.252 e. The first-order chi connectivity index (χ1) is 9.21. The van der Waals surface area contributed by atoms with Crippen molar-refractivity contribution in [3.8, 4) is 0 Å². The van der Waals surface area contributed by atoms with Gasteiger partial charge in [0.05, 0.1) is 4.90 Å². The molecule has 1 aromatic rings. The van der Waals surface area contributed by atoms with E-state index in [0.29, 0.717) is 5.56 Å². The summed E-state index contributed by atoms with van der Waals surface area (Å²) in [4.78, 5) is 12.3. The molecule has 0 saturated heterocycles. The molecule has 1 aliphatic rings. The van der Waals surface area contributed by atoms with E-state index in [1.54, 1.807) is 13.0 Å². The van der Waals surface area contributed by atoms with E-state index >= 15 is 0 Å². The predicted octanol–water partition coefficient (Wildman–Crippen LogP) is 1.70. The van der Waals surface area contributed by atoms with Crippen molar-refractivity contribution in [2.24, 2.45) is 5.14 Å². The van der Waals surface area contributed by atoms with Crippen LogP contribution in [-0.4, -0.2) is 19.9 Å². The molecule has 1 aromatic carbocycles. The van der Waals surface area contributed by atoms with Gasteiger partial charge in [0.2, 0.25) is 10.0 Å². The second kappa shape index (κ2) is 5.18. The maximum Gasteiger partial charge on any atom is 0.252 e. The van der Waals surface area contributed by atoms with Crippen LogP contribution in [0.15, 0.2) is 23.1 Å². The molecule has 0 aromatic heterocycles. The number of hydrogen-bond donors (Lipinski definition) is 2. The average molecular weight is 296 g/mol. The van der Waals surface area contributed by atoms with E-state index in [2.05, 4.69) is 5.32 Å². The summed E-state index contributed by atoms with van der Waals surface area (Å²) in [6.45, 7) is 3.80. The standard InChI is InChI=1S/C14H20N2O3S/c1-10-5-6-11(20(15,18)19)9-12(10)13(17)16-14(2)7-3-4-8-14/h5-6,9H,3-4,7-8H2,1-2H3,(H,16,17)(H2,15,18,19). The van der Waals surface area contributed by atoms with Crippen molar-refractivity contribution in [3.63, 3.8) is 0 Å². The van der Waals surface area contributed by atoms with Crippen LogP contribution in [0, 0.1) is 6.92 Å². The van der Waals surface area contributed by atoms with E-state index in [9.17, 15) is 13.2 Å². The maximum absolute atomic E-state index is 12.4. The summed E-state index contributed by atoms with van der Waals surface area (Å²) in [7, 11) is -3.80. The Morgan fingerprint density at radius 1 is 1.30 bits per heavy atom. The molecule has 110 valence electrons. The first kappa shape index (κ1) is 15.0. The number of sulfonamides is 1. The number of aryl methyl sites for hydroxylation is 1. The molecule has 20 heavy (non-hydrogen) atoms. The molecule has 0 spiro atoms. The number of benzene rings is 1. The predicted molar refractivity (Wildman–Crippen MR) is 76.9 cm³/mol. The van der Waals surface area contributed by atoms with Crippen molar-refractivity contribution in [2.75, 3.05) is 0 Å². The summed E-state index contributed by atoms with van der Waals surface area (Å²) < 4.78 is 22.7. The van der Waals surface area contributed by atoms with Crippen LogP contribution in [0.4, 0.5) is 0 Å². The van der Waals surface area contributed by atoms with Gasteiger partial charge >= 0.3 is 0 Å². The van der Waals surface area contributed by atoms with Crippen LogP contribution in [-0.2, 0) is 10.0 Å². The fourth-order valence-electron chi connectivity index (χ4n) is 2.64. The minimum absolute atomic E-state index is 0.0372. The lowest BCUT2D eigenvalue weighted by atomic mass is 9.99. The number of carbonyl (C=O) groups excluding carboxylic acids is 1. The number of amides is 1. The van der Waals surface area contributed by atoms with Gasteiger partial charge in [0.15, 0.2) is 0 Å². The van der Waals surface area contributed by atoms with E-state index in [0.717, 1.165) is 31.2 Å². The van der Waals surface area contributed by atoms with Crippen LogP contribution in [0.3, 0.4) is 0 Å². The molecule has 2 rings (SSSR count). The Kier molecular flexibility index (Phi) is 3.88. The molecule has 0 atom stereocenters. The number of primary sulfonamides is 1. The molecular weight excluding hydrogens is 276 g/mol. The quantitative estimate of drug-likeness (QED) is 0.889. The second-order valence-electron chi connectivity index (χ2n) is 5.74. The van der Waals surface area contributed by atoms with Crippen LogP contribution in [0.1, 0.15) is 48.5 Å². The third-order valence-electron chi connectivity index (χ3n) is 3.90. The Hall–Kier alpha value is -1.40. The topological polar surface area (TPSA) is 89.3 Å². The van der Waals surface area contributed by atoms with E-state index in [4.69, 9.17) is 5.14 Å². The number of nitrogens with one attached hydrogen (secondary N) is 1. The number of hydrogen-bond acceptors (Lipinski definition) is 3. The molecule has 1 saturated carbocycles. The molecule has 5 nitrogen and oxygen atoms in total. The van der Waals surface area contributed by atoms with Crippen molar-refractivity contribution < 1.29 is 13.2 Å². The van der Waals surface area contributed by atoms with Crippen molar-refractivity contribution in [3.05, 3.63) is 29.3 Å². The van der Waals surface area contributed by atoms with Gasteiger partial charge in [0.1, 0.15) is 0 Å². The minimum Gasteiger partial charge on any atom is -0.347 e. The highest BCUT2D eigenvalue weighted by Gasteiger charge is 2.30. The van der Waals surface area contributed by atoms with Gasteiger partial charge in [0.25, 0.3) is 5.91 Å². The molecular formula is C14H20N2O3S. The van der Waals surface area contributed by atoms with E-state index in [-0.39, 0.29) is 16.3 Å². The zero-order valence-electron chi connectivity index (χ0n) is 11.8. The number of rotatable bonds is 3. The van der Waals surface area contributed by atoms with Gasteiger partial charge in [-0.3, -0.25) is 4.79 Å². The Labute approximate surface area is 119 Å². The van der Waals surface area contributed by atoms with Crippen LogP contribution in [0.2, 0.25) is 0 Å². The molecule has 1 amide bonds. The van der Waals surface area contributed by atoms with Crippen LogP contribution >= 0.6 is 0 Å². The summed E-state index contributed by atoms with van der Waals surface area (Å²) in [5.41, 5.74) is 0.905. The molecule has 1 aliphatic carbocycles. The van der Waals surface area contributed by atoms with Gasteiger partial charge in [-0.05, 0) is 44.4 Å². The first-order valence-corrected chi connectivity index (χ1v) is 8.22. The number of carbonyl (C=O) groups is 1. The zero-order chi connectivity index (χ0) is 15.0. The molecule has 1 fully saturated rings. The molecule has 0 bridgehead atoms. The van der Waals surface area contributed by atoms with Crippen LogP contribution in [0.5, 0.6) is 0 Å².